The number of hydrogen-bond donors (Lipinski definition) is 1. The van der Waals surface area contributed by atoms with Crippen LogP contribution in [0.4, 0.5) is 18.9 Å². The van der Waals surface area contributed by atoms with Crippen molar-refractivity contribution in [3.8, 4) is 0 Å². The van der Waals surface area contributed by atoms with Gasteiger partial charge < -0.3 is 10.2 Å². The Hall–Kier alpha value is -2.65. The van der Waals surface area contributed by atoms with Crippen LogP contribution in [0.3, 0.4) is 0 Å². The topological polar surface area (TPSA) is 48.5 Å². The summed E-state index contributed by atoms with van der Waals surface area (Å²) >= 11 is 1.01. The molecule has 0 bridgehead atoms. The molecule has 3 aromatic rings. The number of fused-ring (bicyclic) bond motifs is 1. The zero-order chi connectivity index (χ0) is 23.6. The fourth-order valence-corrected chi connectivity index (χ4v) is 5.21. The van der Waals surface area contributed by atoms with Crippen molar-refractivity contribution in [3.63, 3.8) is 0 Å². The van der Waals surface area contributed by atoms with E-state index in [1.54, 1.807) is 6.92 Å². The number of halogens is 3. The highest BCUT2D eigenvalue weighted by atomic mass is 32.1. The van der Waals surface area contributed by atoms with Crippen molar-refractivity contribution in [2.45, 2.75) is 26.4 Å². The van der Waals surface area contributed by atoms with Gasteiger partial charge in [0.2, 0.25) is 0 Å². The second kappa shape index (κ2) is 9.69. The van der Waals surface area contributed by atoms with Gasteiger partial charge in [0, 0.05) is 43.8 Å². The predicted octanol–water partition coefficient (Wildman–Crippen LogP) is 4.87. The number of piperazine rings is 1. The molecule has 4 rings (SSSR count). The van der Waals surface area contributed by atoms with Crippen LogP contribution in [0.15, 0.2) is 36.4 Å². The van der Waals surface area contributed by atoms with E-state index in [-0.39, 0.29) is 10.7 Å². The van der Waals surface area contributed by atoms with E-state index in [0.717, 1.165) is 56.5 Å². The molecule has 1 fully saturated rings. The van der Waals surface area contributed by atoms with Gasteiger partial charge in [-0.25, -0.2) is 4.98 Å². The Bertz CT molecular complexity index is 1140. The van der Waals surface area contributed by atoms with Gasteiger partial charge in [-0.15, -0.1) is 11.3 Å². The second-order valence-electron chi connectivity index (χ2n) is 8.38. The summed E-state index contributed by atoms with van der Waals surface area (Å²) in [5.41, 5.74) is 2.25. The Morgan fingerprint density at radius 2 is 1.88 bits per heavy atom. The highest BCUT2D eigenvalue weighted by molar-refractivity contribution is 7.20. The van der Waals surface area contributed by atoms with Gasteiger partial charge in [0.25, 0.3) is 5.91 Å². The molecule has 1 saturated heterocycles. The van der Waals surface area contributed by atoms with Crippen molar-refractivity contribution in [2.75, 3.05) is 44.2 Å². The van der Waals surface area contributed by atoms with Crippen LogP contribution in [0.5, 0.6) is 0 Å². The molecule has 1 N–H and O–H groups in total. The molecule has 176 valence electrons. The number of amides is 1. The minimum Gasteiger partial charge on any atom is -0.369 e. The first-order valence-electron chi connectivity index (χ1n) is 11.0. The maximum absolute atomic E-state index is 12.9. The van der Waals surface area contributed by atoms with Gasteiger partial charge in [0.1, 0.15) is 10.5 Å². The molecule has 1 aliphatic rings. The normalized spacial score (nSPS) is 15.2. The number of benzene rings is 1. The summed E-state index contributed by atoms with van der Waals surface area (Å²) in [5.74, 6) is -0.256. The second-order valence-corrected chi connectivity index (χ2v) is 9.38. The number of pyridine rings is 1. The molecule has 33 heavy (non-hydrogen) atoms. The van der Waals surface area contributed by atoms with E-state index in [9.17, 15) is 18.0 Å². The summed E-state index contributed by atoms with van der Waals surface area (Å²) in [4.78, 5) is 21.8. The molecule has 0 spiro atoms. The molecule has 3 heterocycles. The molecule has 0 unspecified atom stereocenters. The molecule has 2 aromatic heterocycles. The third kappa shape index (κ3) is 5.47. The Morgan fingerprint density at radius 1 is 1.12 bits per heavy atom. The number of nitrogens with zero attached hydrogens (tertiary/aromatic N) is 3. The largest absolute Gasteiger partial charge is 0.433 e. The Labute approximate surface area is 195 Å². The van der Waals surface area contributed by atoms with Gasteiger partial charge in [-0.3, -0.25) is 9.69 Å². The maximum Gasteiger partial charge on any atom is 0.433 e. The van der Waals surface area contributed by atoms with Crippen LogP contribution in [0.1, 0.15) is 32.9 Å². The van der Waals surface area contributed by atoms with E-state index in [1.807, 2.05) is 0 Å². The molecule has 0 saturated carbocycles. The van der Waals surface area contributed by atoms with E-state index in [4.69, 9.17) is 0 Å². The fourth-order valence-electron chi connectivity index (χ4n) is 4.11. The smallest absolute Gasteiger partial charge is 0.369 e. The van der Waals surface area contributed by atoms with Crippen LogP contribution < -0.4 is 10.2 Å². The number of thiophene rings is 1. The van der Waals surface area contributed by atoms with Crippen molar-refractivity contribution in [3.05, 3.63) is 58.1 Å². The van der Waals surface area contributed by atoms with Crippen molar-refractivity contribution >= 4 is 33.1 Å². The van der Waals surface area contributed by atoms with Crippen LogP contribution in [0.25, 0.3) is 10.2 Å². The van der Waals surface area contributed by atoms with E-state index < -0.39 is 11.9 Å². The summed E-state index contributed by atoms with van der Waals surface area (Å²) in [6, 6.07) is 10.9. The zero-order valence-electron chi connectivity index (χ0n) is 18.7. The lowest BCUT2D eigenvalue weighted by atomic mass is 10.1. The van der Waals surface area contributed by atoms with Crippen molar-refractivity contribution in [1.82, 2.24) is 15.2 Å². The lowest BCUT2D eigenvalue weighted by Crippen LogP contribution is -2.47. The predicted molar refractivity (Wildman–Crippen MR) is 126 cm³/mol. The Balaban J connectivity index is 1.25. The standard InChI is InChI=1S/C24H27F3N4OS/c1-16-5-3-6-18(15-16)31-13-11-30(12-14-31)10-4-9-28-22(32)21-17(2)19-7-8-20(24(25,26)27)29-23(19)33-21/h3,5-8,15H,4,9-14H2,1-2H3,(H,28,32). The number of anilines is 1. The first kappa shape index (κ1) is 23.5. The number of carbonyl (C=O) groups excluding carboxylic acids is 1. The summed E-state index contributed by atoms with van der Waals surface area (Å²) in [5, 5.41) is 3.50. The molecular formula is C24H27F3N4OS. The number of hydrogen-bond acceptors (Lipinski definition) is 5. The van der Waals surface area contributed by atoms with Gasteiger partial charge in [-0.1, -0.05) is 12.1 Å². The number of aromatic nitrogens is 1. The molecular weight excluding hydrogens is 449 g/mol. The highest BCUT2D eigenvalue weighted by Gasteiger charge is 2.33. The number of carbonyl (C=O) groups is 1. The van der Waals surface area contributed by atoms with Crippen LogP contribution >= 0.6 is 11.3 Å². The number of rotatable bonds is 6. The third-order valence-electron chi connectivity index (χ3n) is 5.98. The minimum atomic E-state index is -4.50. The van der Waals surface area contributed by atoms with Gasteiger partial charge in [0.15, 0.2) is 0 Å². The molecule has 1 amide bonds. The monoisotopic (exact) mass is 476 g/mol. The summed E-state index contributed by atoms with van der Waals surface area (Å²) in [6.45, 7) is 9.17. The van der Waals surface area contributed by atoms with Gasteiger partial charge in [-0.05, 0) is 62.2 Å². The van der Waals surface area contributed by atoms with Crippen LogP contribution in [0, 0.1) is 13.8 Å². The maximum atomic E-state index is 12.9. The Morgan fingerprint density at radius 3 is 2.58 bits per heavy atom. The molecule has 1 aromatic carbocycles. The lowest BCUT2D eigenvalue weighted by molar-refractivity contribution is -0.140. The van der Waals surface area contributed by atoms with E-state index in [0.29, 0.717) is 22.4 Å². The van der Waals surface area contributed by atoms with Crippen LogP contribution in [-0.2, 0) is 6.18 Å². The van der Waals surface area contributed by atoms with Crippen LogP contribution in [-0.4, -0.2) is 55.1 Å². The van der Waals surface area contributed by atoms with Crippen molar-refractivity contribution in [1.29, 1.82) is 0 Å². The fraction of sp³-hybridized carbons (Fsp3) is 0.417. The molecule has 0 aliphatic carbocycles. The molecule has 0 radical (unpaired) electrons. The average molecular weight is 477 g/mol. The van der Waals surface area contributed by atoms with E-state index >= 15 is 0 Å². The van der Waals surface area contributed by atoms with Gasteiger partial charge in [0.05, 0.1) is 4.88 Å². The first-order valence-corrected chi connectivity index (χ1v) is 11.8. The van der Waals surface area contributed by atoms with Crippen molar-refractivity contribution < 1.29 is 18.0 Å². The highest BCUT2D eigenvalue weighted by Crippen LogP contribution is 2.34. The zero-order valence-corrected chi connectivity index (χ0v) is 19.5. The van der Waals surface area contributed by atoms with E-state index in [2.05, 4.69) is 51.3 Å². The SMILES string of the molecule is Cc1cccc(N2CCN(CCCNC(=O)c3sc4nc(C(F)(F)F)ccc4c3C)CC2)c1. The van der Waals surface area contributed by atoms with E-state index in [1.165, 1.54) is 17.3 Å². The number of alkyl halides is 3. The summed E-state index contributed by atoms with van der Waals surface area (Å²) in [6.07, 6.45) is -3.68. The molecule has 9 heteroatoms. The first-order chi connectivity index (χ1) is 15.7. The third-order valence-corrected chi connectivity index (χ3v) is 7.18. The van der Waals surface area contributed by atoms with Crippen molar-refractivity contribution in [2.24, 2.45) is 0 Å². The number of nitrogens with one attached hydrogen (secondary N) is 1. The van der Waals surface area contributed by atoms with Gasteiger partial charge in [-0.2, -0.15) is 13.2 Å². The van der Waals surface area contributed by atoms with Crippen LogP contribution in [0.2, 0.25) is 0 Å². The minimum absolute atomic E-state index is 0.235. The average Bonchev–Trinajstić information content (AvgIpc) is 3.12. The number of aryl methyl sites for hydroxylation is 2. The van der Waals surface area contributed by atoms with Gasteiger partial charge >= 0.3 is 6.18 Å². The molecule has 0 atom stereocenters. The summed E-state index contributed by atoms with van der Waals surface area (Å²) < 4.78 is 38.8. The molecule has 5 nitrogen and oxygen atoms in total. The molecule has 1 aliphatic heterocycles. The lowest BCUT2D eigenvalue weighted by Gasteiger charge is -2.36. The summed E-state index contributed by atoms with van der Waals surface area (Å²) in [7, 11) is 0. The Kier molecular flexibility index (Phi) is 6.90. The quantitative estimate of drug-likeness (QED) is 0.516.